The van der Waals surface area contributed by atoms with E-state index < -0.39 is 0 Å². The number of para-hydroxylation sites is 1. The standard InChI is InChI=1S/C22H20N2O2/c1-17(23-24-22(25)16-26-21-10-6-3-7-11-21)18-12-14-20(15-13-18)19-8-4-2-5-9-19/h2-15H,16H2,1H3,(H,24,25). The molecule has 0 aliphatic heterocycles. The summed E-state index contributed by atoms with van der Waals surface area (Å²) in [4.78, 5) is 11.8. The van der Waals surface area contributed by atoms with E-state index in [9.17, 15) is 4.79 Å². The molecule has 3 aromatic rings. The summed E-state index contributed by atoms with van der Waals surface area (Å²) in [5.41, 5.74) is 6.52. The molecule has 0 spiro atoms. The van der Waals surface area contributed by atoms with Gasteiger partial charge in [-0.3, -0.25) is 4.79 Å². The number of carbonyl (C=O) groups excluding carboxylic acids is 1. The second-order valence-corrected chi connectivity index (χ2v) is 5.78. The molecule has 0 atom stereocenters. The molecule has 0 aliphatic rings. The van der Waals surface area contributed by atoms with Crippen molar-refractivity contribution in [2.75, 3.05) is 6.61 Å². The van der Waals surface area contributed by atoms with Gasteiger partial charge in [0, 0.05) is 0 Å². The zero-order valence-corrected chi connectivity index (χ0v) is 14.6. The summed E-state index contributed by atoms with van der Waals surface area (Å²) in [7, 11) is 0. The van der Waals surface area contributed by atoms with E-state index in [1.165, 1.54) is 5.56 Å². The average molecular weight is 344 g/mol. The smallest absolute Gasteiger partial charge is 0.277 e. The quantitative estimate of drug-likeness (QED) is 0.536. The van der Waals surface area contributed by atoms with Gasteiger partial charge in [-0.1, -0.05) is 72.8 Å². The Morgan fingerprint density at radius 3 is 2.08 bits per heavy atom. The van der Waals surface area contributed by atoms with Crippen LogP contribution >= 0.6 is 0 Å². The Balaban J connectivity index is 1.56. The van der Waals surface area contributed by atoms with Gasteiger partial charge in [0.1, 0.15) is 5.75 Å². The number of amides is 1. The molecule has 0 radical (unpaired) electrons. The first kappa shape index (κ1) is 17.4. The van der Waals surface area contributed by atoms with Crippen LogP contribution in [0.15, 0.2) is 90.0 Å². The van der Waals surface area contributed by atoms with Gasteiger partial charge in [0.2, 0.25) is 0 Å². The Bertz CT molecular complexity index is 873. The molecule has 26 heavy (non-hydrogen) atoms. The second kappa shape index (κ2) is 8.62. The Kier molecular flexibility index (Phi) is 5.78. The summed E-state index contributed by atoms with van der Waals surface area (Å²) >= 11 is 0. The maximum Gasteiger partial charge on any atom is 0.277 e. The molecule has 3 aromatic carbocycles. The highest BCUT2D eigenvalue weighted by atomic mass is 16.5. The molecular weight excluding hydrogens is 324 g/mol. The zero-order chi connectivity index (χ0) is 18.2. The number of nitrogens with zero attached hydrogens (tertiary/aromatic N) is 1. The maximum atomic E-state index is 11.8. The lowest BCUT2D eigenvalue weighted by molar-refractivity contribution is -0.123. The zero-order valence-electron chi connectivity index (χ0n) is 14.6. The Morgan fingerprint density at radius 1 is 0.846 bits per heavy atom. The topological polar surface area (TPSA) is 50.7 Å². The van der Waals surface area contributed by atoms with Crippen LogP contribution in [0.3, 0.4) is 0 Å². The van der Waals surface area contributed by atoms with Gasteiger partial charge in [-0.05, 0) is 35.7 Å². The molecule has 0 saturated carbocycles. The highest BCUT2D eigenvalue weighted by molar-refractivity contribution is 5.99. The maximum absolute atomic E-state index is 11.8. The van der Waals surface area contributed by atoms with Crippen LogP contribution in [0.1, 0.15) is 12.5 Å². The van der Waals surface area contributed by atoms with Gasteiger partial charge in [-0.2, -0.15) is 5.10 Å². The molecule has 0 bridgehead atoms. The summed E-state index contributed by atoms with van der Waals surface area (Å²) in [5.74, 6) is 0.356. The number of hydrogen-bond donors (Lipinski definition) is 1. The third kappa shape index (κ3) is 4.80. The van der Waals surface area contributed by atoms with Crippen LogP contribution in [-0.4, -0.2) is 18.2 Å². The van der Waals surface area contributed by atoms with Crippen molar-refractivity contribution < 1.29 is 9.53 Å². The largest absolute Gasteiger partial charge is 0.484 e. The number of hydrazone groups is 1. The minimum Gasteiger partial charge on any atom is -0.484 e. The lowest BCUT2D eigenvalue weighted by Gasteiger charge is -2.06. The molecular formula is C22H20N2O2. The van der Waals surface area contributed by atoms with Gasteiger partial charge in [0.15, 0.2) is 6.61 Å². The van der Waals surface area contributed by atoms with E-state index in [1.54, 1.807) is 12.1 Å². The summed E-state index contributed by atoms with van der Waals surface area (Å²) in [6, 6.07) is 27.5. The van der Waals surface area contributed by atoms with E-state index in [0.29, 0.717) is 5.75 Å². The average Bonchev–Trinajstić information content (AvgIpc) is 2.72. The highest BCUT2D eigenvalue weighted by Gasteiger charge is 2.03. The molecule has 3 rings (SSSR count). The van der Waals surface area contributed by atoms with Crippen LogP contribution in [0, 0.1) is 0 Å². The first-order valence-electron chi connectivity index (χ1n) is 8.39. The van der Waals surface area contributed by atoms with Crippen LogP contribution in [0.5, 0.6) is 5.75 Å². The lowest BCUT2D eigenvalue weighted by atomic mass is 10.0. The van der Waals surface area contributed by atoms with E-state index in [0.717, 1.165) is 16.8 Å². The SMILES string of the molecule is CC(=NNC(=O)COc1ccccc1)c1ccc(-c2ccccc2)cc1. The summed E-state index contributed by atoms with van der Waals surface area (Å²) in [6.07, 6.45) is 0. The van der Waals surface area contributed by atoms with E-state index in [1.807, 2.05) is 67.6 Å². The normalized spacial score (nSPS) is 11.0. The molecule has 0 heterocycles. The van der Waals surface area contributed by atoms with E-state index in [4.69, 9.17) is 4.74 Å². The van der Waals surface area contributed by atoms with Crippen LogP contribution in [0.2, 0.25) is 0 Å². The number of ether oxygens (including phenoxy) is 1. The Hall–Kier alpha value is -3.40. The number of carbonyl (C=O) groups is 1. The van der Waals surface area contributed by atoms with E-state index >= 15 is 0 Å². The molecule has 0 aromatic heterocycles. The van der Waals surface area contributed by atoms with E-state index in [2.05, 4.69) is 22.7 Å². The predicted octanol–water partition coefficient (Wildman–Crippen LogP) is 4.27. The summed E-state index contributed by atoms with van der Waals surface area (Å²) in [5, 5.41) is 4.15. The minimum absolute atomic E-state index is 0.0757. The van der Waals surface area contributed by atoms with Gasteiger partial charge in [-0.25, -0.2) is 5.43 Å². The Morgan fingerprint density at radius 2 is 1.42 bits per heavy atom. The second-order valence-electron chi connectivity index (χ2n) is 5.78. The van der Waals surface area contributed by atoms with E-state index in [-0.39, 0.29) is 12.5 Å². The third-order valence-electron chi connectivity index (χ3n) is 3.87. The van der Waals surface area contributed by atoms with Crippen molar-refractivity contribution in [3.05, 3.63) is 90.5 Å². The highest BCUT2D eigenvalue weighted by Crippen LogP contribution is 2.19. The molecule has 4 heteroatoms. The monoisotopic (exact) mass is 344 g/mol. The number of nitrogens with one attached hydrogen (secondary N) is 1. The molecule has 1 N–H and O–H groups in total. The fourth-order valence-electron chi connectivity index (χ4n) is 2.44. The third-order valence-corrected chi connectivity index (χ3v) is 3.87. The van der Waals surface area contributed by atoms with Crippen molar-refractivity contribution in [3.63, 3.8) is 0 Å². The molecule has 0 aliphatic carbocycles. The van der Waals surface area contributed by atoms with Crippen molar-refractivity contribution in [1.29, 1.82) is 0 Å². The number of benzene rings is 3. The van der Waals surface area contributed by atoms with Gasteiger partial charge in [0.25, 0.3) is 5.91 Å². The minimum atomic E-state index is -0.297. The summed E-state index contributed by atoms with van der Waals surface area (Å²) < 4.78 is 5.39. The fraction of sp³-hybridized carbons (Fsp3) is 0.0909. The van der Waals surface area contributed by atoms with Crippen LogP contribution < -0.4 is 10.2 Å². The van der Waals surface area contributed by atoms with Gasteiger partial charge in [-0.15, -0.1) is 0 Å². The molecule has 0 saturated heterocycles. The number of hydrogen-bond acceptors (Lipinski definition) is 3. The van der Waals surface area contributed by atoms with Gasteiger partial charge >= 0.3 is 0 Å². The van der Waals surface area contributed by atoms with Crippen LogP contribution in [0.25, 0.3) is 11.1 Å². The van der Waals surface area contributed by atoms with Crippen molar-refractivity contribution >= 4 is 11.6 Å². The lowest BCUT2D eigenvalue weighted by Crippen LogP contribution is -2.25. The molecule has 1 amide bonds. The summed E-state index contributed by atoms with van der Waals surface area (Å²) in [6.45, 7) is 1.78. The van der Waals surface area contributed by atoms with Gasteiger partial charge in [0.05, 0.1) is 5.71 Å². The molecule has 4 nitrogen and oxygen atoms in total. The number of rotatable bonds is 6. The molecule has 130 valence electrons. The fourth-order valence-corrected chi connectivity index (χ4v) is 2.44. The van der Waals surface area contributed by atoms with Crippen molar-refractivity contribution in [2.24, 2.45) is 5.10 Å². The van der Waals surface area contributed by atoms with Crippen molar-refractivity contribution in [2.45, 2.75) is 6.92 Å². The van der Waals surface area contributed by atoms with Crippen molar-refractivity contribution in [3.8, 4) is 16.9 Å². The van der Waals surface area contributed by atoms with Crippen LogP contribution in [-0.2, 0) is 4.79 Å². The predicted molar refractivity (Wildman–Crippen MR) is 104 cm³/mol. The first-order valence-corrected chi connectivity index (χ1v) is 8.39. The van der Waals surface area contributed by atoms with Crippen molar-refractivity contribution in [1.82, 2.24) is 5.43 Å². The molecule has 0 fully saturated rings. The van der Waals surface area contributed by atoms with Crippen LogP contribution in [0.4, 0.5) is 0 Å². The molecule has 0 unspecified atom stereocenters. The first-order chi connectivity index (χ1) is 12.7. The van der Waals surface area contributed by atoms with Gasteiger partial charge < -0.3 is 4.74 Å². The Labute approximate surface area is 153 Å².